The van der Waals surface area contributed by atoms with Gasteiger partial charge >= 0.3 is 0 Å². The lowest BCUT2D eigenvalue weighted by atomic mass is 10.1. The third-order valence-electron chi connectivity index (χ3n) is 5.40. The monoisotopic (exact) mass is 402 g/mol. The Morgan fingerprint density at radius 2 is 1.93 bits per heavy atom. The summed E-state index contributed by atoms with van der Waals surface area (Å²) in [4.78, 5) is 41.4. The van der Waals surface area contributed by atoms with Gasteiger partial charge in [0.2, 0.25) is 11.8 Å². The van der Waals surface area contributed by atoms with Crippen molar-refractivity contribution in [2.24, 2.45) is 5.92 Å². The number of likely N-dealkylation sites (tertiary alicyclic amines) is 1. The highest BCUT2D eigenvalue weighted by molar-refractivity contribution is 6.05. The van der Waals surface area contributed by atoms with Crippen molar-refractivity contribution in [3.8, 4) is 0 Å². The number of amides is 3. The molecule has 0 radical (unpaired) electrons. The molecule has 0 bridgehead atoms. The zero-order valence-electron chi connectivity index (χ0n) is 17.1. The lowest BCUT2D eigenvalue weighted by Crippen LogP contribution is -2.41. The van der Waals surface area contributed by atoms with E-state index in [9.17, 15) is 14.4 Å². The summed E-state index contributed by atoms with van der Waals surface area (Å²) < 4.78 is 5.32. The summed E-state index contributed by atoms with van der Waals surface area (Å²) >= 11 is 0. The predicted octanol–water partition coefficient (Wildman–Crippen LogP) is 0.944. The Morgan fingerprint density at radius 1 is 1.21 bits per heavy atom. The highest BCUT2D eigenvalue weighted by Gasteiger charge is 2.35. The summed E-state index contributed by atoms with van der Waals surface area (Å²) in [5.74, 6) is -0.854. The number of rotatable bonds is 7. The van der Waals surface area contributed by atoms with E-state index in [2.05, 4.69) is 15.5 Å². The summed E-state index contributed by atoms with van der Waals surface area (Å²) in [6, 6.07) is 7.03. The molecule has 8 heteroatoms. The van der Waals surface area contributed by atoms with Crippen LogP contribution >= 0.6 is 0 Å². The number of para-hydroxylation sites is 1. The number of nitrogens with zero attached hydrogens (tertiary/aromatic N) is 2. The van der Waals surface area contributed by atoms with E-state index in [4.69, 9.17) is 4.74 Å². The fraction of sp³-hybridized carbons (Fsp3) is 0.571. The summed E-state index contributed by atoms with van der Waals surface area (Å²) in [7, 11) is 0. The topological polar surface area (TPSA) is 91.0 Å². The number of carbonyl (C=O) groups excluding carboxylic acids is 3. The number of nitrogens with one attached hydrogen (secondary N) is 2. The average Bonchev–Trinajstić information content (AvgIpc) is 3.11. The van der Waals surface area contributed by atoms with E-state index < -0.39 is 5.92 Å². The van der Waals surface area contributed by atoms with Gasteiger partial charge in [-0.1, -0.05) is 12.1 Å². The van der Waals surface area contributed by atoms with Crippen molar-refractivity contribution in [3.63, 3.8) is 0 Å². The summed E-state index contributed by atoms with van der Waals surface area (Å²) in [6.45, 7) is 8.77. The van der Waals surface area contributed by atoms with Gasteiger partial charge in [-0.3, -0.25) is 19.3 Å². The van der Waals surface area contributed by atoms with Crippen LogP contribution in [-0.2, 0) is 14.3 Å². The van der Waals surface area contributed by atoms with Gasteiger partial charge in [0.05, 0.1) is 30.4 Å². The molecule has 0 unspecified atom stereocenters. The minimum Gasteiger partial charge on any atom is -0.379 e. The third kappa shape index (κ3) is 5.55. The van der Waals surface area contributed by atoms with Gasteiger partial charge < -0.3 is 20.3 Å². The van der Waals surface area contributed by atoms with Crippen LogP contribution in [0, 0.1) is 5.92 Å². The lowest BCUT2D eigenvalue weighted by molar-refractivity contribution is -0.129. The molecule has 3 amide bonds. The Kier molecular flexibility index (Phi) is 7.22. The predicted molar refractivity (Wildman–Crippen MR) is 110 cm³/mol. The number of anilines is 1. The zero-order chi connectivity index (χ0) is 20.8. The highest BCUT2D eigenvalue weighted by atomic mass is 16.5. The van der Waals surface area contributed by atoms with Gasteiger partial charge in [0.1, 0.15) is 0 Å². The molecule has 2 fully saturated rings. The quantitative estimate of drug-likeness (QED) is 0.709. The van der Waals surface area contributed by atoms with E-state index in [0.717, 1.165) is 32.8 Å². The number of hydrogen-bond acceptors (Lipinski definition) is 5. The first kappa shape index (κ1) is 21.3. The van der Waals surface area contributed by atoms with Gasteiger partial charge in [0, 0.05) is 45.2 Å². The molecule has 0 aromatic heterocycles. The summed E-state index contributed by atoms with van der Waals surface area (Å²) in [6.07, 6.45) is 0.206. The molecule has 0 saturated carbocycles. The first-order valence-electron chi connectivity index (χ1n) is 10.2. The number of carbonyl (C=O) groups is 3. The molecule has 0 spiro atoms. The van der Waals surface area contributed by atoms with E-state index in [1.165, 1.54) is 0 Å². The smallest absolute Gasteiger partial charge is 0.253 e. The summed E-state index contributed by atoms with van der Waals surface area (Å²) in [5.41, 5.74) is 0.893. The molecule has 3 rings (SSSR count). The highest BCUT2D eigenvalue weighted by Crippen LogP contribution is 2.23. The van der Waals surface area contributed by atoms with Gasteiger partial charge in [-0.2, -0.15) is 0 Å². The molecule has 0 aliphatic carbocycles. The molecule has 2 heterocycles. The van der Waals surface area contributed by atoms with Crippen molar-refractivity contribution in [2.75, 3.05) is 51.3 Å². The standard InChI is InChI=1S/C21H30N4O4/c1-15(2)25-14-16(13-19(25)26)20(27)23-18-6-4-3-5-17(18)21(28)22-7-8-24-9-11-29-12-10-24/h3-6,15-16H,7-14H2,1-2H3,(H,22,28)(H,23,27)/t16-/m1/s1. The van der Waals surface area contributed by atoms with Gasteiger partial charge in [0.15, 0.2) is 0 Å². The maximum atomic E-state index is 12.7. The van der Waals surface area contributed by atoms with Crippen molar-refractivity contribution >= 4 is 23.4 Å². The van der Waals surface area contributed by atoms with Crippen LogP contribution in [0.5, 0.6) is 0 Å². The SMILES string of the molecule is CC(C)N1C[C@H](C(=O)Nc2ccccc2C(=O)NCCN2CCOCC2)CC1=O. The van der Waals surface area contributed by atoms with Gasteiger partial charge in [-0.25, -0.2) is 0 Å². The lowest BCUT2D eigenvalue weighted by Gasteiger charge is -2.26. The Balaban J connectivity index is 1.56. The minimum atomic E-state index is -0.401. The molecule has 2 N–H and O–H groups in total. The molecule has 2 aliphatic rings. The molecule has 1 aromatic rings. The fourth-order valence-corrected chi connectivity index (χ4v) is 3.68. The Morgan fingerprint density at radius 3 is 2.62 bits per heavy atom. The number of morpholine rings is 1. The molecule has 29 heavy (non-hydrogen) atoms. The number of hydrogen-bond donors (Lipinski definition) is 2. The van der Waals surface area contributed by atoms with Crippen LogP contribution in [-0.4, -0.2) is 79.5 Å². The van der Waals surface area contributed by atoms with Crippen molar-refractivity contribution in [1.29, 1.82) is 0 Å². The van der Waals surface area contributed by atoms with Crippen LogP contribution in [0.15, 0.2) is 24.3 Å². The van der Waals surface area contributed by atoms with Crippen molar-refractivity contribution in [3.05, 3.63) is 29.8 Å². The van der Waals surface area contributed by atoms with E-state index in [0.29, 0.717) is 24.3 Å². The zero-order valence-corrected chi connectivity index (χ0v) is 17.1. The average molecular weight is 402 g/mol. The second kappa shape index (κ2) is 9.84. The normalized spacial score (nSPS) is 20.2. The molecule has 8 nitrogen and oxygen atoms in total. The van der Waals surface area contributed by atoms with Gasteiger partial charge in [-0.15, -0.1) is 0 Å². The molecule has 2 aliphatic heterocycles. The molecule has 1 aromatic carbocycles. The molecular weight excluding hydrogens is 372 g/mol. The largest absolute Gasteiger partial charge is 0.379 e. The molecule has 158 valence electrons. The van der Waals surface area contributed by atoms with Crippen molar-refractivity contribution < 1.29 is 19.1 Å². The van der Waals surface area contributed by atoms with E-state index in [-0.39, 0.29) is 30.2 Å². The molecule has 1 atom stereocenters. The number of ether oxygens (including phenoxy) is 1. The number of benzene rings is 1. The van der Waals surface area contributed by atoms with Crippen LogP contribution in [0.3, 0.4) is 0 Å². The maximum absolute atomic E-state index is 12.7. The van der Waals surface area contributed by atoms with Crippen LogP contribution in [0.25, 0.3) is 0 Å². The van der Waals surface area contributed by atoms with Crippen LogP contribution in [0.1, 0.15) is 30.6 Å². The van der Waals surface area contributed by atoms with E-state index in [1.54, 1.807) is 29.2 Å². The molecular formula is C21H30N4O4. The van der Waals surface area contributed by atoms with Crippen molar-refractivity contribution in [1.82, 2.24) is 15.1 Å². The minimum absolute atomic E-state index is 0.00529. The first-order valence-corrected chi connectivity index (χ1v) is 10.2. The third-order valence-corrected chi connectivity index (χ3v) is 5.40. The van der Waals surface area contributed by atoms with Crippen LogP contribution < -0.4 is 10.6 Å². The van der Waals surface area contributed by atoms with E-state index >= 15 is 0 Å². The van der Waals surface area contributed by atoms with Crippen LogP contribution in [0.4, 0.5) is 5.69 Å². The van der Waals surface area contributed by atoms with Gasteiger partial charge in [0.25, 0.3) is 5.91 Å². The first-order chi connectivity index (χ1) is 14.0. The Hall–Kier alpha value is -2.45. The van der Waals surface area contributed by atoms with Gasteiger partial charge in [-0.05, 0) is 26.0 Å². The maximum Gasteiger partial charge on any atom is 0.253 e. The summed E-state index contributed by atoms with van der Waals surface area (Å²) in [5, 5.41) is 5.77. The molecule has 2 saturated heterocycles. The van der Waals surface area contributed by atoms with Crippen LogP contribution in [0.2, 0.25) is 0 Å². The van der Waals surface area contributed by atoms with E-state index in [1.807, 2.05) is 13.8 Å². The fourth-order valence-electron chi connectivity index (χ4n) is 3.68. The second-order valence-corrected chi connectivity index (χ2v) is 7.79. The Bertz CT molecular complexity index is 746. The van der Waals surface area contributed by atoms with Crippen molar-refractivity contribution in [2.45, 2.75) is 26.3 Å². The Labute approximate surface area is 171 Å². The second-order valence-electron chi connectivity index (χ2n) is 7.79.